The second-order valence-electron chi connectivity index (χ2n) is 5.11. The average molecular weight is 268 g/mol. The molecule has 1 aromatic rings. The molecule has 1 fully saturated rings. The molecule has 1 saturated heterocycles. The van der Waals surface area contributed by atoms with Crippen molar-refractivity contribution in [1.29, 1.82) is 0 Å². The van der Waals surface area contributed by atoms with Gasteiger partial charge in [-0.05, 0) is 56.3 Å². The van der Waals surface area contributed by atoms with Gasteiger partial charge in [0.25, 0.3) is 0 Å². The van der Waals surface area contributed by atoms with Crippen LogP contribution in [-0.2, 0) is 11.2 Å². The Morgan fingerprint density at radius 1 is 1.28 bits per heavy atom. The SMILES string of the molecule is CNC(Cc1ccc(Cl)cc1)CC1CCOCC1. The summed E-state index contributed by atoms with van der Waals surface area (Å²) in [7, 11) is 2.06. The van der Waals surface area contributed by atoms with Gasteiger partial charge in [-0.1, -0.05) is 23.7 Å². The fourth-order valence-corrected chi connectivity index (χ4v) is 2.72. The molecule has 0 bridgehead atoms. The molecule has 3 heteroatoms. The van der Waals surface area contributed by atoms with E-state index in [1.807, 2.05) is 12.1 Å². The predicted octanol–water partition coefficient (Wildman–Crippen LogP) is 3.29. The van der Waals surface area contributed by atoms with Crippen molar-refractivity contribution in [3.63, 3.8) is 0 Å². The van der Waals surface area contributed by atoms with E-state index in [0.717, 1.165) is 30.6 Å². The molecular formula is C15H22ClNO. The first kappa shape index (κ1) is 13.9. The minimum absolute atomic E-state index is 0.550. The Morgan fingerprint density at radius 3 is 2.56 bits per heavy atom. The molecule has 0 radical (unpaired) electrons. The van der Waals surface area contributed by atoms with Gasteiger partial charge in [-0.25, -0.2) is 0 Å². The van der Waals surface area contributed by atoms with Crippen LogP contribution in [0.2, 0.25) is 5.02 Å². The number of halogens is 1. The monoisotopic (exact) mass is 267 g/mol. The predicted molar refractivity (Wildman–Crippen MR) is 76.2 cm³/mol. The largest absolute Gasteiger partial charge is 0.381 e. The van der Waals surface area contributed by atoms with Gasteiger partial charge in [-0.3, -0.25) is 0 Å². The smallest absolute Gasteiger partial charge is 0.0468 e. The summed E-state index contributed by atoms with van der Waals surface area (Å²) in [4.78, 5) is 0. The van der Waals surface area contributed by atoms with Gasteiger partial charge in [-0.15, -0.1) is 0 Å². The second kappa shape index (κ2) is 7.13. The molecule has 2 rings (SSSR count). The highest BCUT2D eigenvalue weighted by atomic mass is 35.5. The van der Waals surface area contributed by atoms with Crippen LogP contribution >= 0.6 is 11.6 Å². The lowest BCUT2D eigenvalue weighted by Crippen LogP contribution is -2.31. The first-order valence-electron chi connectivity index (χ1n) is 6.77. The van der Waals surface area contributed by atoms with E-state index < -0.39 is 0 Å². The molecule has 0 aromatic heterocycles. The summed E-state index contributed by atoms with van der Waals surface area (Å²) in [6.07, 6.45) is 4.73. The lowest BCUT2D eigenvalue weighted by atomic mass is 9.90. The molecule has 1 N–H and O–H groups in total. The molecule has 1 unspecified atom stereocenters. The van der Waals surface area contributed by atoms with Gasteiger partial charge >= 0.3 is 0 Å². The van der Waals surface area contributed by atoms with E-state index in [9.17, 15) is 0 Å². The van der Waals surface area contributed by atoms with Crippen molar-refractivity contribution in [3.8, 4) is 0 Å². The zero-order valence-corrected chi connectivity index (χ0v) is 11.7. The summed E-state index contributed by atoms with van der Waals surface area (Å²) in [6, 6.07) is 8.73. The molecule has 0 spiro atoms. The molecule has 18 heavy (non-hydrogen) atoms. The molecule has 1 aliphatic rings. The quantitative estimate of drug-likeness (QED) is 0.884. The number of hydrogen-bond acceptors (Lipinski definition) is 2. The van der Waals surface area contributed by atoms with Gasteiger partial charge < -0.3 is 10.1 Å². The molecule has 1 atom stereocenters. The van der Waals surface area contributed by atoms with E-state index in [0.29, 0.717) is 6.04 Å². The Labute approximate surface area is 115 Å². The van der Waals surface area contributed by atoms with Crippen LogP contribution in [0.3, 0.4) is 0 Å². The lowest BCUT2D eigenvalue weighted by Gasteiger charge is -2.26. The number of hydrogen-bond donors (Lipinski definition) is 1. The van der Waals surface area contributed by atoms with E-state index in [4.69, 9.17) is 16.3 Å². The van der Waals surface area contributed by atoms with Gasteiger partial charge in [0.1, 0.15) is 0 Å². The zero-order chi connectivity index (χ0) is 12.8. The van der Waals surface area contributed by atoms with E-state index in [2.05, 4.69) is 24.5 Å². The topological polar surface area (TPSA) is 21.3 Å². The zero-order valence-electron chi connectivity index (χ0n) is 11.0. The number of ether oxygens (including phenoxy) is 1. The number of rotatable bonds is 5. The lowest BCUT2D eigenvalue weighted by molar-refractivity contribution is 0.0608. The summed E-state index contributed by atoms with van der Waals surface area (Å²) >= 11 is 5.91. The van der Waals surface area contributed by atoms with Crippen molar-refractivity contribution in [2.45, 2.75) is 31.7 Å². The first-order chi connectivity index (χ1) is 8.78. The van der Waals surface area contributed by atoms with Crippen molar-refractivity contribution in [2.24, 2.45) is 5.92 Å². The third kappa shape index (κ3) is 4.27. The summed E-state index contributed by atoms with van der Waals surface area (Å²) in [5, 5.41) is 4.25. The van der Waals surface area contributed by atoms with Crippen LogP contribution in [0.1, 0.15) is 24.8 Å². The standard InChI is InChI=1S/C15H22ClNO/c1-17-15(11-13-6-8-18-9-7-13)10-12-2-4-14(16)5-3-12/h2-5,13,15,17H,6-11H2,1H3. The molecular weight excluding hydrogens is 246 g/mol. The van der Waals surface area contributed by atoms with Gasteiger partial charge in [0.2, 0.25) is 0 Å². The van der Waals surface area contributed by atoms with E-state index in [1.165, 1.54) is 24.8 Å². The van der Waals surface area contributed by atoms with Crippen LogP contribution in [-0.4, -0.2) is 26.3 Å². The molecule has 0 saturated carbocycles. The van der Waals surface area contributed by atoms with Crippen LogP contribution in [0.25, 0.3) is 0 Å². The Balaban J connectivity index is 1.86. The highest BCUT2D eigenvalue weighted by molar-refractivity contribution is 6.30. The maximum absolute atomic E-state index is 5.91. The maximum Gasteiger partial charge on any atom is 0.0468 e. The third-order valence-corrected chi connectivity index (χ3v) is 4.01. The van der Waals surface area contributed by atoms with Gasteiger partial charge in [0, 0.05) is 24.3 Å². The molecule has 1 aromatic carbocycles. The van der Waals surface area contributed by atoms with Crippen LogP contribution < -0.4 is 5.32 Å². The van der Waals surface area contributed by atoms with Crippen molar-refractivity contribution in [1.82, 2.24) is 5.32 Å². The third-order valence-electron chi connectivity index (χ3n) is 3.76. The number of likely N-dealkylation sites (N-methyl/N-ethyl adjacent to an activating group) is 1. The van der Waals surface area contributed by atoms with Crippen molar-refractivity contribution >= 4 is 11.6 Å². The summed E-state index contributed by atoms with van der Waals surface area (Å²) < 4.78 is 5.41. The van der Waals surface area contributed by atoms with Gasteiger partial charge in [0.15, 0.2) is 0 Å². The molecule has 100 valence electrons. The highest BCUT2D eigenvalue weighted by Gasteiger charge is 2.18. The van der Waals surface area contributed by atoms with Crippen LogP contribution in [0, 0.1) is 5.92 Å². The Hall–Kier alpha value is -0.570. The Bertz CT molecular complexity index is 346. The Kier molecular flexibility index (Phi) is 5.48. The van der Waals surface area contributed by atoms with Crippen molar-refractivity contribution < 1.29 is 4.74 Å². The minimum atomic E-state index is 0.550. The summed E-state index contributed by atoms with van der Waals surface area (Å²) in [5.74, 6) is 0.809. The minimum Gasteiger partial charge on any atom is -0.381 e. The summed E-state index contributed by atoms with van der Waals surface area (Å²) in [5.41, 5.74) is 1.35. The van der Waals surface area contributed by atoms with Gasteiger partial charge in [-0.2, -0.15) is 0 Å². The Morgan fingerprint density at radius 2 is 1.94 bits per heavy atom. The fourth-order valence-electron chi connectivity index (χ4n) is 2.59. The number of benzene rings is 1. The first-order valence-corrected chi connectivity index (χ1v) is 7.15. The molecule has 0 amide bonds. The van der Waals surface area contributed by atoms with Gasteiger partial charge in [0.05, 0.1) is 0 Å². The maximum atomic E-state index is 5.91. The van der Waals surface area contributed by atoms with E-state index in [-0.39, 0.29) is 0 Å². The molecule has 1 heterocycles. The molecule has 1 aliphatic heterocycles. The summed E-state index contributed by atoms with van der Waals surface area (Å²) in [6.45, 7) is 1.87. The average Bonchev–Trinajstić information content (AvgIpc) is 2.41. The van der Waals surface area contributed by atoms with E-state index >= 15 is 0 Å². The highest BCUT2D eigenvalue weighted by Crippen LogP contribution is 2.22. The van der Waals surface area contributed by atoms with Crippen LogP contribution in [0.4, 0.5) is 0 Å². The van der Waals surface area contributed by atoms with Crippen molar-refractivity contribution in [2.75, 3.05) is 20.3 Å². The molecule has 2 nitrogen and oxygen atoms in total. The normalized spacial score (nSPS) is 18.8. The van der Waals surface area contributed by atoms with Crippen LogP contribution in [0.15, 0.2) is 24.3 Å². The van der Waals surface area contributed by atoms with Crippen LogP contribution in [0.5, 0.6) is 0 Å². The van der Waals surface area contributed by atoms with E-state index in [1.54, 1.807) is 0 Å². The fraction of sp³-hybridized carbons (Fsp3) is 0.600. The molecule has 0 aliphatic carbocycles. The second-order valence-corrected chi connectivity index (χ2v) is 5.54. The number of nitrogens with one attached hydrogen (secondary N) is 1. The van der Waals surface area contributed by atoms with Crippen molar-refractivity contribution in [3.05, 3.63) is 34.9 Å².